The number of morpholine rings is 1. The van der Waals surface area contributed by atoms with Crippen molar-refractivity contribution in [1.29, 1.82) is 0 Å². The fourth-order valence-corrected chi connectivity index (χ4v) is 4.24. The van der Waals surface area contributed by atoms with Gasteiger partial charge < -0.3 is 20.3 Å². The number of thiophene rings is 1. The van der Waals surface area contributed by atoms with E-state index in [4.69, 9.17) is 4.74 Å². The first kappa shape index (κ1) is 20.6. The fourth-order valence-electron chi connectivity index (χ4n) is 3.53. The van der Waals surface area contributed by atoms with Crippen molar-refractivity contribution in [1.82, 2.24) is 10.2 Å². The number of likely N-dealkylation sites (N-methyl/N-ethyl adjacent to an activating group) is 1. The molecule has 0 saturated carbocycles. The monoisotopic (exact) mass is 402 g/mol. The summed E-state index contributed by atoms with van der Waals surface area (Å²) in [6, 6.07) is 10.1. The summed E-state index contributed by atoms with van der Waals surface area (Å²) in [7, 11) is 0. The molecule has 1 atom stereocenters. The summed E-state index contributed by atoms with van der Waals surface area (Å²) in [5.74, 6) is 0. The highest BCUT2D eigenvalue weighted by Crippen LogP contribution is 2.22. The van der Waals surface area contributed by atoms with Crippen LogP contribution in [0.5, 0.6) is 0 Å². The highest BCUT2D eigenvalue weighted by atomic mass is 32.1. The van der Waals surface area contributed by atoms with E-state index in [1.807, 2.05) is 24.3 Å². The van der Waals surface area contributed by atoms with Crippen molar-refractivity contribution in [3.8, 4) is 0 Å². The van der Waals surface area contributed by atoms with E-state index >= 15 is 0 Å². The summed E-state index contributed by atoms with van der Waals surface area (Å²) >= 11 is 1.69. The van der Waals surface area contributed by atoms with Crippen LogP contribution in [0, 0.1) is 0 Å². The minimum absolute atomic E-state index is 0.175. The molecule has 2 amide bonds. The Labute approximate surface area is 171 Å². The van der Waals surface area contributed by atoms with Crippen LogP contribution in [-0.2, 0) is 4.74 Å². The number of urea groups is 1. The Morgan fingerprint density at radius 1 is 1.18 bits per heavy atom. The third kappa shape index (κ3) is 5.47. The summed E-state index contributed by atoms with van der Waals surface area (Å²) < 4.78 is 5.39. The number of nitrogens with zero attached hydrogens (tertiary/aromatic N) is 2. The summed E-state index contributed by atoms with van der Waals surface area (Å²) in [6.07, 6.45) is 0. The van der Waals surface area contributed by atoms with Gasteiger partial charge in [0.1, 0.15) is 0 Å². The molecule has 0 radical (unpaired) electrons. The van der Waals surface area contributed by atoms with Gasteiger partial charge in [-0.2, -0.15) is 11.3 Å². The quantitative estimate of drug-likeness (QED) is 0.705. The van der Waals surface area contributed by atoms with Gasteiger partial charge in [0.15, 0.2) is 0 Å². The first-order valence-corrected chi connectivity index (χ1v) is 10.9. The maximum atomic E-state index is 12.4. The van der Waals surface area contributed by atoms with Crippen LogP contribution in [0.4, 0.5) is 16.2 Å². The van der Waals surface area contributed by atoms with Gasteiger partial charge in [0.2, 0.25) is 0 Å². The number of hydrogen-bond donors (Lipinski definition) is 2. The van der Waals surface area contributed by atoms with Crippen molar-refractivity contribution in [2.75, 3.05) is 56.2 Å². The molecule has 7 heteroatoms. The van der Waals surface area contributed by atoms with Crippen LogP contribution in [0.3, 0.4) is 0 Å². The molecule has 1 fully saturated rings. The highest BCUT2D eigenvalue weighted by molar-refractivity contribution is 7.07. The zero-order valence-corrected chi connectivity index (χ0v) is 17.5. The standard InChI is InChI=1S/C21H30N4O2S/c1-3-24(4-2)20(17-9-14-28-16-17)15-22-21(26)23-18-5-7-19(8-6-18)25-10-12-27-13-11-25/h5-9,14,16,20H,3-4,10-13,15H2,1-2H3,(H2,22,23,26)/t20-/m1/s1. The summed E-state index contributed by atoms with van der Waals surface area (Å²) in [4.78, 5) is 17.1. The van der Waals surface area contributed by atoms with Gasteiger partial charge in [0.05, 0.1) is 19.3 Å². The normalized spacial score (nSPS) is 15.5. The van der Waals surface area contributed by atoms with Crippen molar-refractivity contribution in [2.24, 2.45) is 0 Å². The fraction of sp³-hybridized carbons (Fsp3) is 0.476. The van der Waals surface area contributed by atoms with E-state index in [-0.39, 0.29) is 12.1 Å². The zero-order valence-electron chi connectivity index (χ0n) is 16.7. The minimum atomic E-state index is -0.175. The third-order valence-electron chi connectivity index (χ3n) is 5.14. The Hall–Kier alpha value is -2.09. The van der Waals surface area contributed by atoms with Crippen molar-refractivity contribution in [2.45, 2.75) is 19.9 Å². The Morgan fingerprint density at radius 2 is 1.89 bits per heavy atom. The van der Waals surface area contributed by atoms with Crippen molar-refractivity contribution in [3.63, 3.8) is 0 Å². The van der Waals surface area contributed by atoms with Gasteiger partial charge in [0, 0.05) is 31.0 Å². The van der Waals surface area contributed by atoms with Crippen LogP contribution in [0.1, 0.15) is 25.5 Å². The van der Waals surface area contributed by atoms with E-state index in [0.29, 0.717) is 6.54 Å². The van der Waals surface area contributed by atoms with Gasteiger partial charge in [-0.15, -0.1) is 0 Å². The number of anilines is 2. The van der Waals surface area contributed by atoms with Crippen LogP contribution in [0.15, 0.2) is 41.1 Å². The van der Waals surface area contributed by atoms with Gasteiger partial charge >= 0.3 is 6.03 Å². The van der Waals surface area contributed by atoms with Crippen molar-refractivity contribution >= 4 is 28.7 Å². The summed E-state index contributed by atoms with van der Waals surface area (Å²) in [6.45, 7) is 10.1. The second kappa shape index (κ2) is 10.5. The molecule has 0 unspecified atom stereocenters. The second-order valence-corrected chi connectivity index (χ2v) is 7.56. The Balaban J connectivity index is 1.54. The first-order valence-electron chi connectivity index (χ1n) is 9.95. The van der Waals surface area contributed by atoms with Crippen molar-refractivity contribution < 1.29 is 9.53 Å². The highest BCUT2D eigenvalue weighted by Gasteiger charge is 2.19. The minimum Gasteiger partial charge on any atom is -0.378 e. The predicted octanol–water partition coefficient (Wildman–Crippen LogP) is 3.79. The molecule has 2 N–H and O–H groups in total. The lowest BCUT2D eigenvalue weighted by molar-refractivity contribution is 0.122. The zero-order chi connectivity index (χ0) is 19.8. The van der Waals surface area contributed by atoms with Gasteiger partial charge in [-0.05, 0) is 59.7 Å². The lowest BCUT2D eigenvalue weighted by Gasteiger charge is -2.29. The lowest BCUT2D eigenvalue weighted by Crippen LogP contribution is -2.39. The molecule has 28 heavy (non-hydrogen) atoms. The molecule has 1 aliphatic rings. The molecule has 1 aliphatic heterocycles. The van der Waals surface area contributed by atoms with E-state index in [2.05, 4.69) is 51.1 Å². The maximum Gasteiger partial charge on any atom is 0.319 e. The SMILES string of the molecule is CCN(CC)[C@H](CNC(=O)Nc1ccc(N2CCOCC2)cc1)c1ccsc1. The van der Waals surface area contributed by atoms with Crippen LogP contribution < -0.4 is 15.5 Å². The van der Waals surface area contributed by atoms with E-state index in [1.54, 1.807) is 11.3 Å². The number of benzene rings is 1. The molecular formula is C21H30N4O2S. The molecule has 1 aromatic carbocycles. The maximum absolute atomic E-state index is 12.4. The van der Waals surface area contributed by atoms with E-state index in [1.165, 1.54) is 5.56 Å². The molecular weight excluding hydrogens is 372 g/mol. The molecule has 0 spiro atoms. The number of hydrogen-bond acceptors (Lipinski definition) is 5. The lowest BCUT2D eigenvalue weighted by atomic mass is 10.1. The largest absolute Gasteiger partial charge is 0.378 e. The molecule has 6 nitrogen and oxygen atoms in total. The Bertz CT molecular complexity index is 711. The summed E-state index contributed by atoms with van der Waals surface area (Å²) in [5, 5.41) is 10.2. The van der Waals surface area contributed by atoms with Crippen LogP contribution >= 0.6 is 11.3 Å². The molecule has 2 heterocycles. The average Bonchev–Trinajstić information content (AvgIpc) is 3.27. The molecule has 2 aromatic rings. The van der Waals surface area contributed by atoms with Gasteiger partial charge in [-0.25, -0.2) is 4.79 Å². The number of ether oxygens (including phenoxy) is 1. The van der Waals surface area contributed by atoms with Crippen LogP contribution in [-0.4, -0.2) is 56.9 Å². The van der Waals surface area contributed by atoms with Crippen LogP contribution in [0.2, 0.25) is 0 Å². The van der Waals surface area contributed by atoms with Gasteiger partial charge in [-0.1, -0.05) is 13.8 Å². The van der Waals surface area contributed by atoms with E-state index in [9.17, 15) is 4.79 Å². The number of carbonyl (C=O) groups excluding carboxylic acids is 1. The third-order valence-corrected chi connectivity index (χ3v) is 5.84. The number of carbonyl (C=O) groups is 1. The molecule has 0 aliphatic carbocycles. The molecule has 0 bridgehead atoms. The topological polar surface area (TPSA) is 56.8 Å². The molecule has 152 valence electrons. The van der Waals surface area contributed by atoms with Crippen LogP contribution in [0.25, 0.3) is 0 Å². The second-order valence-electron chi connectivity index (χ2n) is 6.78. The number of nitrogens with one attached hydrogen (secondary N) is 2. The first-order chi connectivity index (χ1) is 13.7. The summed E-state index contributed by atoms with van der Waals surface area (Å²) in [5.41, 5.74) is 3.21. The van der Waals surface area contributed by atoms with E-state index in [0.717, 1.165) is 50.8 Å². The van der Waals surface area contributed by atoms with Gasteiger partial charge in [-0.3, -0.25) is 4.90 Å². The Kier molecular flexibility index (Phi) is 7.71. The van der Waals surface area contributed by atoms with E-state index < -0.39 is 0 Å². The average molecular weight is 403 g/mol. The molecule has 1 aromatic heterocycles. The Morgan fingerprint density at radius 3 is 2.50 bits per heavy atom. The number of amides is 2. The molecule has 1 saturated heterocycles. The molecule has 3 rings (SSSR count). The predicted molar refractivity (Wildman–Crippen MR) is 116 cm³/mol. The number of rotatable bonds is 8. The van der Waals surface area contributed by atoms with Gasteiger partial charge in [0.25, 0.3) is 0 Å². The smallest absolute Gasteiger partial charge is 0.319 e. The van der Waals surface area contributed by atoms with Crippen molar-refractivity contribution in [3.05, 3.63) is 46.7 Å².